The van der Waals surface area contributed by atoms with Crippen LogP contribution in [0.1, 0.15) is 20.8 Å². The van der Waals surface area contributed by atoms with Crippen molar-refractivity contribution in [1.29, 1.82) is 0 Å². The Morgan fingerprint density at radius 2 is 2.14 bits per heavy atom. The lowest BCUT2D eigenvalue weighted by Gasteiger charge is -2.22. The first-order valence-electron chi connectivity index (χ1n) is 6.45. The number of pyridine rings is 1. The Hall–Kier alpha value is -2.03. The zero-order valence-corrected chi connectivity index (χ0v) is 14.1. The summed E-state index contributed by atoms with van der Waals surface area (Å²) in [6, 6.07) is 0.488. The van der Waals surface area contributed by atoms with Crippen molar-refractivity contribution in [2.45, 2.75) is 32.4 Å². The van der Waals surface area contributed by atoms with Gasteiger partial charge in [-0.15, -0.1) is 0 Å². The smallest absolute Gasteiger partial charge is 0.408 e. The average Bonchev–Trinajstić information content (AvgIpc) is 2.35. The van der Waals surface area contributed by atoms with Crippen LogP contribution in [0.5, 0.6) is 0 Å². The largest absolute Gasteiger partial charge is 0.480 e. The second kappa shape index (κ2) is 7.30. The molecule has 5 N–H and O–H groups in total. The monoisotopic (exact) mass is 374 g/mol. The van der Waals surface area contributed by atoms with Crippen molar-refractivity contribution in [3.63, 3.8) is 0 Å². The van der Waals surface area contributed by atoms with Gasteiger partial charge in [-0.05, 0) is 42.8 Å². The quantitative estimate of drug-likeness (QED) is 0.618. The first kappa shape index (κ1) is 18.0. The Labute approximate surface area is 136 Å². The lowest BCUT2D eigenvalue weighted by molar-refractivity contribution is -0.139. The average molecular weight is 375 g/mol. The summed E-state index contributed by atoms with van der Waals surface area (Å²) in [5, 5.41) is 14.3. The van der Waals surface area contributed by atoms with Crippen LogP contribution in [0.25, 0.3) is 0 Å². The van der Waals surface area contributed by atoms with Crippen molar-refractivity contribution in [3.05, 3.63) is 16.7 Å². The van der Waals surface area contributed by atoms with Crippen LogP contribution >= 0.6 is 15.9 Å². The number of nitrogen functional groups attached to an aromatic ring is 1. The first-order valence-corrected chi connectivity index (χ1v) is 7.25. The number of nitrogens with two attached hydrogens (primary N) is 1. The maximum Gasteiger partial charge on any atom is 0.408 e. The van der Waals surface area contributed by atoms with E-state index in [4.69, 9.17) is 15.6 Å². The van der Waals surface area contributed by atoms with Crippen LogP contribution in [0.15, 0.2) is 16.7 Å². The fourth-order valence-electron chi connectivity index (χ4n) is 1.45. The number of aliphatic carboxylic acids is 1. The van der Waals surface area contributed by atoms with Crippen molar-refractivity contribution in [2.24, 2.45) is 0 Å². The molecule has 122 valence electrons. The number of rotatable bonds is 5. The van der Waals surface area contributed by atoms with E-state index >= 15 is 0 Å². The molecule has 0 bridgehead atoms. The van der Waals surface area contributed by atoms with Gasteiger partial charge in [0.05, 0.1) is 5.69 Å². The number of ether oxygens (including phenoxy) is 1. The predicted octanol–water partition coefficient (Wildman–Crippen LogP) is 1.82. The van der Waals surface area contributed by atoms with E-state index in [0.29, 0.717) is 10.2 Å². The Morgan fingerprint density at radius 1 is 1.50 bits per heavy atom. The lowest BCUT2D eigenvalue weighted by atomic mass is 10.2. The van der Waals surface area contributed by atoms with Gasteiger partial charge >= 0.3 is 12.1 Å². The molecule has 9 heteroatoms. The molecule has 0 fully saturated rings. The lowest BCUT2D eigenvalue weighted by Crippen LogP contribution is -2.47. The maximum absolute atomic E-state index is 11.6. The molecule has 0 aliphatic carbocycles. The molecule has 1 amide bonds. The number of alkyl carbamates (subject to hydrolysis) is 1. The summed E-state index contributed by atoms with van der Waals surface area (Å²) >= 11 is 3.24. The van der Waals surface area contributed by atoms with Crippen molar-refractivity contribution < 1.29 is 19.4 Å². The van der Waals surface area contributed by atoms with Crippen LogP contribution in [0.2, 0.25) is 0 Å². The van der Waals surface area contributed by atoms with Gasteiger partial charge in [-0.1, -0.05) is 0 Å². The molecule has 0 unspecified atom stereocenters. The maximum atomic E-state index is 11.6. The molecule has 0 spiro atoms. The van der Waals surface area contributed by atoms with E-state index in [9.17, 15) is 9.59 Å². The topological polar surface area (TPSA) is 127 Å². The minimum Gasteiger partial charge on any atom is -0.480 e. The predicted molar refractivity (Wildman–Crippen MR) is 85.6 cm³/mol. The zero-order valence-electron chi connectivity index (χ0n) is 12.5. The third-order valence-electron chi connectivity index (χ3n) is 2.37. The minimum atomic E-state index is -1.19. The standard InChI is InChI=1S/C13H19BrN4O4/c1-13(2,3)22-12(21)18-9(11(19)20)6-16-8-4-7(14)5-17-10(8)15/h4-5,9,16H,6H2,1-3H3,(H2,15,17)(H,18,21)(H,19,20)/t9-/m0/s1. The van der Waals surface area contributed by atoms with Gasteiger partial charge in [-0.25, -0.2) is 14.6 Å². The van der Waals surface area contributed by atoms with E-state index in [0.717, 1.165) is 0 Å². The van der Waals surface area contributed by atoms with Crippen molar-refractivity contribution >= 4 is 39.5 Å². The molecule has 0 radical (unpaired) electrons. The second-order valence-corrected chi connectivity index (χ2v) is 6.42. The van der Waals surface area contributed by atoms with Gasteiger partial charge in [0, 0.05) is 17.2 Å². The number of nitrogens with zero attached hydrogens (tertiary/aromatic N) is 1. The highest BCUT2D eigenvalue weighted by molar-refractivity contribution is 9.10. The fourth-order valence-corrected chi connectivity index (χ4v) is 1.78. The van der Waals surface area contributed by atoms with E-state index in [1.165, 1.54) is 6.20 Å². The van der Waals surface area contributed by atoms with Gasteiger partial charge in [-0.2, -0.15) is 0 Å². The molecule has 1 aromatic heterocycles. The Bertz CT molecular complexity index is 559. The van der Waals surface area contributed by atoms with E-state index in [1.54, 1.807) is 26.8 Å². The summed E-state index contributed by atoms with van der Waals surface area (Å²) in [7, 11) is 0. The Morgan fingerprint density at radius 3 is 2.68 bits per heavy atom. The summed E-state index contributed by atoms with van der Waals surface area (Å²) in [5.41, 5.74) is 5.44. The second-order valence-electron chi connectivity index (χ2n) is 5.50. The van der Waals surface area contributed by atoms with Crippen LogP contribution in [0, 0.1) is 0 Å². The van der Waals surface area contributed by atoms with Crippen LogP contribution in [-0.2, 0) is 9.53 Å². The SMILES string of the molecule is CC(C)(C)OC(=O)N[C@@H](CNc1cc(Br)cnc1N)C(=O)O. The number of anilines is 2. The number of hydrogen-bond donors (Lipinski definition) is 4. The normalized spacial score (nSPS) is 12.4. The molecule has 0 saturated carbocycles. The van der Waals surface area contributed by atoms with Crippen molar-refractivity contribution in [3.8, 4) is 0 Å². The molecule has 0 saturated heterocycles. The van der Waals surface area contributed by atoms with Crippen molar-refractivity contribution in [1.82, 2.24) is 10.3 Å². The van der Waals surface area contributed by atoms with Crippen molar-refractivity contribution in [2.75, 3.05) is 17.6 Å². The summed E-state index contributed by atoms with van der Waals surface area (Å²) in [5.74, 6) is -0.968. The van der Waals surface area contributed by atoms with Gasteiger partial charge in [0.15, 0.2) is 0 Å². The van der Waals surface area contributed by atoms with Gasteiger partial charge in [0.2, 0.25) is 0 Å². The molecule has 22 heavy (non-hydrogen) atoms. The van der Waals surface area contributed by atoms with Gasteiger partial charge < -0.3 is 26.2 Å². The number of nitrogens with one attached hydrogen (secondary N) is 2. The fraction of sp³-hybridized carbons (Fsp3) is 0.462. The highest BCUT2D eigenvalue weighted by Crippen LogP contribution is 2.20. The number of carbonyl (C=O) groups excluding carboxylic acids is 1. The first-order chi connectivity index (χ1) is 10.1. The van der Waals surface area contributed by atoms with Crippen LogP contribution < -0.4 is 16.4 Å². The number of amides is 1. The van der Waals surface area contributed by atoms with Crippen LogP contribution in [-0.4, -0.2) is 40.3 Å². The van der Waals surface area contributed by atoms with E-state index < -0.39 is 23.7 Å². The zero-order chi connectivity index (χ0) is 16.9. The van der Waals surface area contributed by atoms with Gasteiger partial charge in [0.1, 0.15) is 17.5 Å². The molecule has 1 rings (SSSR count). The molecule has 8 nitrogen and oxygen atoms in total. The highest BCUT2D eigenvalue weighted by atomic mass is 79.9. The Kier molecular flexibility index (Phi) is 5.98. The summed E-state index contributed by atoms with van der Waals surface area (Å²) in [6.45, 7) is 4.99. The molecule has 0 aliphatic rings. The summed E-state index contributed by atoms with van der Waals surface area (Å²) in [6.07, 6.45) is 0.718. The molecule has 1 atom stereocenters. The number of carboxylic acids is 1. The van der Waals surface area contributed by atoms with Crippen LogP contribution in [0.4, 0.5) is 16.3 Å². The number of carboxylic acid groups (broad SMARTS) is 1. The highest BCUT2D eigenvalue weighted by Gasteiger charge is 2.24. The number of aromatic nitrogens is 1. The molecule has 1 heterocycles. The number of hydrogen-bond acceptors (Lipinski definition) is 6. The summed E-state index contributed by atoms with van der Waals surface area (Å²) < 4.78 is 5.72. The molecular formula is C13H19BrN4O4. The molecule has 1 aromatic rings. The molecule has 0 aliphatic heterocycles. The van der Waals surface area contributed by atoms with E-state index in [1.807, 2.05) is 0 Å². The van der Waals surface area contributed by atoms with E-state index in [2.05, 4.69) is 31.5 Å². The Balaban J connectivity index is 2.67. The van der Waals surface area contributed by atoms with Crippen LogP contribution in [0.3, 0.4) is 0 Å². The summed E-state index contributed by atoms with van der Waals surface area (Å²) in [4.78, 5) is 26.8. The third kappa shape index (κ3) is 6.17. The minimum absolute atomic E-state index is 0.0725. The third-order valence-corrected chi connectivity index (χ3v) is 2.80. The van der Waals surface area contributed by atoms with Gasteiger partial charge in [-0.3, -0.25) is 0 Å². The molecular weight excluding hydrogens is 356 g/mol. The van der Waals surface area contributed by atoms with E-state index in [-0.39, 0.29) is 12.4 Å². The number of carbonyl (C=O) groups is 2. The van der Waals surface area contributed by atoms with Gasteiger partial charge in [0.25, 0.3) is 0 Å². The number of halogens is 1. The molecule has 0 aromatic carbocycles.